The molecule has 0 saturated carbocycles. The van der Waals surface area contributed by atoms with E-state index >= 15 is 0 Å². The molecule has 3 heteroatoms. The number of nitrogens with zero attached hydrogens (tertiary/aromatic N) is 1. The van der Waals surface area contributed by atoms with E-state index in [0.29, 0.717) is 5.56 Å². The predicted octanol–water partition coefficient (Wildman–Crippen LogP) is 6.35. The van der Waals surface area contributed by atoms with Crippen molar-refractivity contribution in [3.05, 3.63) is 53.1 Å². The summed E-state index contributed by atoms with van der Waals surface area (Å²) in [6, 6.07) is 12.9. The number of hydrogen-bond acceptors (Lipinski definition) is 3. The van der Waals surface area contributed by atoms with Crippen molar-refractivity contribution >= 4 is 11.5 Å². The number of rotatable bonds is 9. The summed E-state index contributed by atoms with van der Waals surface area (Å²) < 4.78 is 0. The predicted molar refractivity (Wildman–Crippen MR) is 127 cm³/mol. The number of Topliss-reactive ketones (excluding diaryl/α,β-unsaturated/α-hetero) is 1. The summed E-state index contributed by atoms with van der Waals surface area (Å²) in [4.78, 5) is 15.0. The fourth-order valence-electron chi connectivity index (χ4n) is 4.88. The topological polar surface area (TPSA) is 40.5 Å². The first kappa shape index (κ1) is 22.6. The van der Waals surface area contributed by atoms with Gasteiger partial charge in [-0.25, -0.2) is 0 Å². The molecule has 3 rings (SSSR count). The zero-order valence-corrected chi connectivity index (χ0v) is 19.5. The first-order valence-electron chi connectivity index (χ1n) is 11.4. The molecule has 0 saturated heterocycles. The van der Waals surface area contributed by atoms with E-state index in [-0.39, 0.29) is 11.2 Å². The van der Waals surface area contributed by atoms with Gasteiger partial charge in [-0.2, -0.15) is 0 Å². The normalized spacial score (nSPS) is 14.4. The van der Waals surface area contributed by atoms with Gasteiger partial charge in [0.1, 0.15) is 5.60 Å². The lowest BCUT2D eigenvalue weighted by Crippen LogP contribution is -2.32. The van der Waals surface area contributed by atoms with Crippen LogP contribution in [0.4, 0.5) is 5.69 Å². The van der Waals surface area contributed by atoms with Gasteiger partial charge in [0.05, 0.1) is 0 Å². The standard InChI is InChI=1S/C27H37NO2/c1-7-9-15-27(16-10-8-2)23-17-19(25(29)26(3,4)30)11-13-21(23)22-14-12-20(28(5)6)18-24(22)27/h11-14,17-18,30H,7-10,15-16H2,1-6H3. The molecule has 0 amide bonds. The van der Waals surface area contributed by atoms with Crippen LogP contribution in [0.25, 0.3) is 11.1 Å². The molecule has 162 valence electrons. The molecule has 3 nitrogen and oxygen atoms in total. The van der Waals surface area contributed by atoms with E-state index in [1.165, 1.54) is 27.9 Å². The zero-order chi connectivity index (χ0) is 22.1. The van der Waals surface area contributed by atoms with Crippen LogP contribution in [0.3, 0.4) is 0 Å². The van der Waals surface area contributed by atoms with Crippen molar-refractivity contribution in [3.8, 4) is 11.1 Å². The summed E-state index contributed by atoms with van der Waals surface area (Å²) in [5.74, 6) is -0.213. The van der Waals surface area contributed by atoms with E-state index in [2.05, 4.69) is 63.2 Å². The lowest BCUT2D eigenvalue weighted by atomic mass is 9.70. The molecule has 2 aromatic rings. The Labute approximate surface area is 182 Å². The van der Waals surface area contributed by atoms with Crippen molar-refractivity contribution in [3.63, 3.8) is 0 Å². The molecule has 0 unspecified atom stereocenters. The smallest absolute Gasteiger partial charge is 0.193 e. The van der Waals surface area contributed by atoms with E-state index in [4.69, 9.17) is 0 Å². The fourth-order valence-corrected chi connectivity index (χ4v) is 4.88. The minimum absolute atomic E-state index is 0.0708. The molecular formula is C27H37NO2. The maximum Gasteiger partial charge on any atom is 0.193 e. The van der Waals surface area contributed by atoms with E-state index in [1.54, 1.807) is 13.8 Å². The molecule has 0 bridgehead atoms. The number of anilines is 1. The Bertz CT molecular complexity index is 913. The number of unbranched alkanes of at least 4 members (excludes halogenated alkanes) is 2. The number of hydrogen-bond donors (Lipinski definition) is 1. The van der Waals surface area contributed by atoms with Gasteiger partial charge in [0.25, 0.3) is 0 Å². The van der Waals surface area contributed by atoms with Crippen LogP contribution in [0.2, 0.25) is 0 Å². The molecule has 1 aliphatic carbocycles. The molecule has 0 heterocycles. The molecule has 2 aromatic carbocycles. The average Bonchev–Trinajstić information content (AvgIpc) is 2.98. The number of carbonyl (C=O) groups is 1. The Morgan fingerprint density at radius 1 is 0.933 bits per heavy atom. The van der Waals surface area contributed by atoms with E-state index in [0.717, 1.165) is 38.5 Å². The van der Waals surface area contributed by atoms with Crippen LogP contribution in [0.15, 0.2) is 36.4 Å². The second-order valence-corrected chi connectivity index (χ2v) is 9.56. The van der Waals surface area contributed by atoms with Gasteiger partial charge >= 0.3 is 0 Å². The minimum Gasteiger partial charge on any atom is -0.382 e. The van der Waals surface area contributed by atoms with Crippen molar-refractivity contribution in [2.24, 2.45) is 0 Å². The van der Waals surface area contributed by atoms with Crippen LogP contribution in [0, 0.1) is 0 Å². The number of fused-ring (bicyclic) bond motifs is 3. The monoisotopic (exact) mass is 407 g/mol. The van der Waals surface area contributed by atoms with Crippen molar-refractivity contribution in [1.29, 1.82) is 0 Å². The van der Waals surface area contributed by atoms with Crippen LogP contribution in [-0.4, -0.2) is 30.6 Å². The summed E-state index contributed by atoms with van der Waals surface area (Å²) >= 11 is 0. The largest absolute Gasteiger partial charge is 0.382 e. The Kier molecular flexibility index (Phi) is 6.43. The summed E-state index contributed by atoms with van der Waals surface area (Å²) in [7, 11) is 4.17. The molecule has 30 heavy (non-hydrogen) atoms. The van der Waals surface area contributed by atoms with Crippen LogP contribution in [0.5, 0.6) is 0 Å². The Morgan fingerprint density at radius 3 is 1.97 bits per heavy atom. The van der Waals surface area contributed by atoms with Gasteiger partial charge in [-0.3, -0.25) is 4.79 Å². The molecule has 1 N–H and O–H groups in total. The molecule has 0 aliphatic heterocycles. The highest BCUT2D eigenvalue weighted by Gasteiger charge is 2.43. The van der Waals surface area contributed by atoms with Crippen molar-refractivity contribution < 1.29 is 9.90 Å². The molecule has 0 atom stereocenters. The van der Waals surface area contributed by atoms with Gasteiger partial charge in [-0.15, -0.1) is 0 Å². The molecular weight excluding hydrogens is 370 g/mol. The number of carbonyl (C=O) groups excluding carboxylic acids is 1. The van der Waals surface area contributed by atoms with Gasteiger partial charge in [-0.05, 0) is 67.1 Å². The Hall–Kier alpha value is -2.13. The Balaban J connectivity index is 2.25. The zero-order valence-electron chi connectivity index (χ0n) is 19.5. The quantitative estimate of drug-likeness (QED) is 0.492. The third-order valence-corrected chi connectivity index (χ3v) is 6.59. The first-order chi connectivity index (χ1) is 14.2. The molecule has 0 fully saturated rings. The van der Waals surface area contributed by atoms with Gasteiger partial charge in [0.15, 0.2) is 5.78 Å². The Morgan fingerprint density at radius 2 is 1.47 bits per heavy atom. The fraction of sp³-hybridized carbons (Fsp3) is 0.519. The number of aliphatic hydroxyl groups is 1. The lowest BCUT2D eigenvalue weighted by molar-refractivity contribution is 0.0488. The second kappa shape index (κ2) is 8.55. The molecule has 0 radical (unpaired) electrons. The highest BCUT2D eigenvalue weighted by Crippen LogP contribution is 2.55. The highest BCUT2D eigenvalue weighted by atomic mass is 16.3. The van der Waals surface area contributed by atoms with Gasteiger partial charge in [0, 0.05) is 30.8 Å². The number of ketones is 1. The van der Waals surface area contributed by atoms with Crippen LogP contribution in [-0.2, 0) is 5.41 Å². The van der Waals surface area contributed by atoms with Crippen LogP contribution in [0.1, 0.15) is 87.7 Å². The molecule has 0 aromatic heterocycles. The first-order valence-corrected chi connectivity index (χ1v) is 11.4. The maximum atomic E-state index is 12.9. The third-order valence-electron chi connectivity index (χ3n) is 6.59. The van der Waals surface area contributed by atoms with E-state index in [1.807, 2.05) is 6.07 Å². The van der Waals surface area contributed by atoms with Crippen molar-refractivity contribution in [2.45, 2.75) is 77.2 Å². The summed E-state index contributed by atoms with van der Waals surface area (Å²) in [5.41, 5.74) is 5.60. The van der Waals surface area contributed by atoms with Crippen molar-refractivity contribution in [1.82, 2.24) is 0 Å². The average molecular weight is 408 g/mol. The molecule has 1 aliphatic rings. The van der Waals surface area contributed by atoms with Crippen LogP contribution < -0.4 is 4.90 Å². The summed E-state index contributed by atoms with van der Waals surface area (Å²) in [5, 5.41) is 10.3. The summed E-state index contributed by atoms with van der Waals surface area (Å²) in [6.07, 6.45) is 6.76. The highest BCUT2D eigenvalue weighted by molar-refractivity contribution is 6.03. The van der Waals surface area contributed by atoms with E-state index < -0.39 is 5.60 Å². The SMILES string of the molecule is CCCCC1(CCCC)c2cc(C(=O)C(C)(C)O)ccc2-c2ccc(N(C)C)cc21. The van der Waals surface area contributed by atoms with E-state index in [9.17, 15) is 9.90 Å². The lowest BCUT2D eigenvalue weighted by Gasteiger charge is -2.33. The van der Waals surface area contributed by atoms with Gasteiger partial charge in [-0.1, -0.05) is 57.7 Å². The number of benzene rings is 2. The summed E-state index contributed by atoms with van der Waals surface area (Å²) in [6.45, 7) is 7.63. The minimum atomic E-state index is -1.37. The van der Waals surface area contributed by atoms with Crippen molar-refractivity contribution in [2.75, 3.05) is 19.0 Å². The third kappa shape index (κ3) is 3.92. The van der Waals surface area contributed by atoms with Gasteiger partial charge in [0.2, 0.25) is 0 Å². The maximum absolute atomic E-state index is 12.9. The van der Waals surface area contributed by atoms with Crippen LogP contribution >= 0.6 is 0 Å². The second-order valence-electron chi connectivity index (χ2n) is 9.56. The molecule has 0 spiro atoms. The van der Waals surface area contributed by atoms with Gasteiger partial charge < -0.3 is 10.0 Å².